The minimum absolute atomic E-state index is 0.0367. The highest BCUT2D eigenvalue weighted by molar-refractivity contribution is 5.74. The minimum atomic E-state index is 0.0367. The molecule has 1 heterocycles. The Hall–Kier alpha value is -1.91. The van der Waals surface area contributed by atoms with Gasteiger partial charge in [0, 0.05) is 32.7 Å². The van der Waals surface area contributed by atoms with Crippen molar-refractivity contribution in [3.05, 3.63) is 24.3 Å². The van der Waals surface area contributed by atoms with E-state index < -0.39 is 0 Å². The standard InChI is InChI=1S/C17H27N3O2/c1-17(2,3)13-18-16(21)20-11-9-19(10-12-20)14-7-5-6-8-15(14)22-4/h5-8H,9-13H2,1-4H3,(H,18,21). The van der Waals surface area contributed by atoms with Crippen LogP contribution in [0, 0.1) is 5.41 Å². The number of para-hydroxylation sites is 2. The van der Waals surface area contributed by atoms with Crippen LogP contribution in [0.25, 0.3) is 0 Å². The number of ether oxygens (including phenoxy) is 1. The first kappa shape index (κ1) is 16.5. The minimum Gasteiger partial charge on any atom is -0.495 e. The van der Waals surface area contributed by atoms with Crippen LogP contribution in [0.2, 0.25) is 0 Å². The van der Waals surface area contributed by atoms with Gasteiger partial charge >= 0.3 is 6.03 Å². The van der Waals surface area contributed by atoms with Crippen LogP contribution in [-0.4, -0.2) is 50.8 Å². The zero-order chi connectivity index (χ0) is 16.2. The van der Waals surface area contributed by atoms with E-state index >= 15 is 0 Å². The van der Waals surface area contributed by atoms with E-state index in [9.17, 15) is 4.79 Å². The maximum atomic E-state index is 12.2. The van der Waals surface area contributed by atoms with Crippen molar-refractivity contribution in [1.82, 2.24) is 10.2 Å². The molecule has 0 unspecified atom stereocenters. The van der Waals surface area contributed by atoms with Gasteiger partial charge in [-0.1, -0.05) is 32.9 Å². The molecule has 1 fully saturated rings. The van der Waals surface area contributed by atoms with E-state index in [0.29, 0.717) is 6.54 Å². The smallest absolute Gasteiger partial charge is 0.317 e. The molecule has 0 aliphatic carbocycles. The first-order valence-corrected chi connectivity index (χ1v) is 7.81. The largest absolute Gasteiger partial charge is 0.495 e. The summed E-state index contributed by atoms with van der Waals surface area (Å²) in [4.78, 5) is 16.3. The Balaban J connectivity index is 1.89. The third kappa shape index (κ3) is 4.29. The first-order valence-electron chi connectivity index (χ1n) is 7.81. The normalized spacial score (nSPS) is 15.6. The lowest BCUT2D eigenvalue weighted by Gasteiger charge is -2.37. The summed E-state index contributed by atoms with van der Waals surface area (Å²) in [6.45, 7) is 10.2. The van der Waals surface area contributed by atoms with E-state index in [1.807, 2.05) is 23.1 Å². The van der Waals surface area contributed by atoms with Crippen molar-refractivity contribution >= 4 is 11.7 Å². The predicted octanol–water partition coefficient (Wildman–Crippen LogP) is 2.57. The molecule has 122 valence electrons. The molecule has 1 aromatic carbocycles. The molecule has 0 radical (unpaired) electrons. The number of methoxy groups -OCH3 is 1. The number of carbonyl (C=O) groups is 1. The molecule has 5 nitrogen and oxygen atoms in total. The van der Waals surface area contributed by atoms with Crippen molar-refractivity contribution in [1.29, 1.82) is 0 Å². The molecule has 1 N–H and O–H groups in total. The lowest BCUT2D eigenvalue weighted by atomic mass is 9.97. The van der Waals surface area contributed by atoms with Crippen molar-refractivity contribution in [2.75, 3.05) is 44.7 Å². The number of carbonyl (C=O) groups excluding carboxylic acids is 1. The molecule has 1 aliphatic rings. The Labute approximate surface area is 133 Å². The zero-order valence-electron chi connectivity index (χ0n) is 14.1. The first-order chi connectivity index (χ1) is 10.4. The fourth-order valence-electron chi connectivity index (χ4n) is 2.49. The van der Waals surface area contributed by atoms with Crippen molar-refractivity contribution in [3.63, 3.8) is 0 Å². The van der Waals surface area contributed by atoms with E-state index in [2.05, 4.69) is 37.1 Å². The van der Waals surface area contributed by atoms with E-state index in [-0.39, 0.29) is 11.4 Å². The summed E-state index contributed by atoms with van der Waals surface area (Å²) in [6, 6.07) is 8.06. The number of nitrogens with one attached hydrogen (secondary N) is 1. The van der Waals surface area contributed by atoms with Crippen LogP contribution >= 0.6 is 0 Å². The summed E-state index contributed by atoms with van der Waals surface area (Å²) in [7, 11) is 1.69. The van der Waals surface area contributed by atoms with Gasteiger partial charge in [-0.3, -0.25) is 0 Å². The topological polar surface area (TPSA) is 44.8 Å². The molecule has 2 rings (SSSR count). The van der Waals surface area contributed by atoms with Gasteiger partial charge in [-0.15, -0.1) is 0 Å². The second kappa shape index (κ2) is 6.90. The van der Waals surface area contributed by atoms with Crippen LogP contribution in [0.15, 0.2) is 24.3 Å². The fourth-order valence-corrected chi connectivity index (χ4v) is 2.49. The fraction of sp³-hybridized carbons (Fsp3) is 0.588. The SMILES string of the molecule is COc1ccccc1N1CCN(C(=O)NCC(C)(C)C)CC1. The second-order valence-electron chi connectivity index (χ2n) is 6.87. The number of anilines is 1. The van der Waals surface area contributed by atoms with Crippen LogP contribution in [-0.2, 0) is 0 Å². The van der Waals surface area contributed by atoms with E-state index in [4.69, 9.17) is 4.74 Å². The molecule has 1 saturated heterocycles. The molecule has 1 aromatic rings. The van der Waals surface area contributed by atoms with Gasteiger partial charge < -0.3 is 19.9 Å². The summed E-state index contributed by atoms with van der Waals surface area (Å²) in [5, 5.41) is 3.01. The van der Waals surface area contributed by atoms with Crippen LogP contribution < -0.4 is 15.0 Å². The summed E-state index contributed by atoms with van der Waals surface area (Å²) in [5.41, 5.74) is 1.20. The average molecular weight is 305 g/mol. The van der Waals surface area contributed by atoms with Crippen molar-refractivity contribution in [3.8, 4) is 5.75 Å². The molecule has 1 aliphatic heterocycles. The van der Waals surface area contributed by atoms with E-state index in [1.54, 1.807) is 7.11 Å². The van der Waals surface area contributed by atoms with Crippen LogP contribution in [0.3, 0.4) is 0 Å². The monoisotopic (exact) mass is 305 g/mol. The molecule has 0 atom stereocenters. The maximum absolute atomic E-state index is 12.2. The Bertz CT molecular complexity index is 503. The summed E-state index contributed by atoms with van der Waals surface area (Å²) >= 11 is 0. The summed E-state index contributed by atoms with van der Waals surface area (Å²) in [5.74, 6) is 0.883. The lowest BCUT2D eigenvalue weighted by Crippen LogP contribution is -2.52. The van der Waals surface area contributed by atoms with Gasteiger partial charge in [0.2, 0.25) is 0 Å². The number of urea groups is 1. The van der Waals surface area contributed by atoms with Gasteiger partial charge in [-0.05, 0) is 17.5 Å². The molecule has 0 spiro atoms. The van der Waals surface area contributed by atoms with Crippen molar-refractivity contribution < 1.29 is 9.53 Å². The van der Waals surface area contributed by atoms with Crippen LogP contribution in [0.1, 0.15) is 20.8 Å². The number of nitrogens with zero attached hydrogens (tertiary/aromatic N) is 2. The second-order valence-corrected chi connectivity index (χ2v) is 6.87. The van der Waals surface area contributed by atoms with Gasteiger partial charge in [0.1, 0.15) is 5.75 Å². The maximum Gasteiger partial charge on any atom is 0.317 e. The molecule has 0 bridgehead atoms. The molecule has 0 saturated carbocycles. The highest BCUT2D eigenvalue weighted by atomic mass is 16.5. The molecule has 5 heteroatoms. The van der Waals surface area contributed by atoms with Gasteiger partial charge in [-0.25, -0.2) is 4.79 Å². The summed E-state index contributed by atoms with van der Waals surface area (Å²) < 4.78 is 5.41. The highest BCUT2D eigenvalue weighted by Crippen LogP contribution is 2.28. The predicted molar refractivity (Wildman–Crippen MR) is 89.6 cm³/mol. The highest BCUT2D eigenvalue weighted by Gasteiger charge is 2.23. The zero-order valence-corrected chi connectivity index (χ0v) is 14.1. The quantitative estimate of drug-likeness (QED) is 0.933. The number of hydrogen-bond donors (Lipinski definition) is 1. The van der Waals surface area contributed by atoms with Crippen molar-refractivity contribution in [2.45, 2.75) is 20.8 Å². The average Bonchev–Trinajstić information content (AvgIpc) is 2.52. The third-order valence-corrected chi connectivity index (χ3v) is 3.76. The molecular formula is C17H27N3O2. The van der Waals surface area contributed by atoms with E-state index in [1.165, 1.54) is 0 Å². The molecule has 0 aromatic heterocycles. The number of rotatable bonds is 3. The van der Waals surface area contributed by atoms with Gasteiger partial charge in [0.05, 0.1) is 12.8 Å². The van der Waals surface area contributed by atoms with Gasteiger partial charge in [0.25, 0.3) is 0 Å². The molecular weight excluding hydrogens is 278 g/mol. The van der Waals surface area contributed by atoms with Gasteiger partial charge in [0.15, 0.2) is 0 Å². The van der Waals surface area contributed by atoms with Crippen LogP contribution in [0.4, 0.5) is 10.5 Å². The Morgan fingerprint density at radius 2 is 1.82 bits per heavy atom. The Morgan fingerprint density at radius 1 is 1.18 bits per heavy atom. The van der Waals surface area contributed by atoms with Crippen LogP contribution in [0.5, 0.6) is 5.75 Å². The number of amides is 2. The van der Waals surface area contributed by atoms with E-state index in [0.717, 1.165) is 37.6 Å². The van der Waals surface area contributed by atoms with Crippen molar-refractivity contribution in [2.24, 2.45) is 5.41 Å². The molecule has 22 heavy (non-hydrogen) atoms. The Kier molecular flexibility index (Phi) is 5.16. The number of piperazine rings is 1. The summed E-state index contributed by atoms with van der Waals surface area (Å²) in [6.07, 6.45) is 0. The number of benzene rings is 1. The third-order valence-electron chi connectivity index (χ3n) is 3.76. The Morgan fingerprint density at radius 3 is 2.41 bits per heavy atom. The lowest BCUT2D eigenvalue weighted by molar-refractivity contribution is 0.189. The molecule has 2 amide bonds. The number of hydrogen-bond acceptors (Lipinski definition) is 3. The van der Waals surface area contributed by atoms with Gasteiger partial charge in [-0.2, -0.15) is 0 Å².